The number of para-hydroxylation sites is 1. The zero-order chi connectivity index (χ0) is 15.2. The second-order valence-corrected chi connectivity index (χ2v) is 5.41. The maximum atomic E-state index is 6.01. The quantitative estimate of drug-likeness (QED) is 0.761. The van der Waals surface area contributed by atoms with Gasteiger partial charge in [0.05, 0.1) is 24.6 Å². The molecule has 4 nitrogen and oxygen atoms in total. The van der Waals surface area contributed by atoms with Crippen molar-refractivity contribution in [2.24, 2.45) is 5.16 Å². The van der Waals surface area contributed by atoms with Crippen molar-refractivity contribution < 1.29 is 9.68 Å². The lowest BCUT2D eigenvalue weighted by molar-refractivity contribution is 0.0372. The molecule has 114 valence electrons. The topological polar surface area (TPSA) is 34.1 Å². The summed E-state index contributed by atoms with van der Waals surface area (Å²) in [5.41, 5.74) is 3.19. The van der Waals surface area contributed by atoms with Gasteiger partial charge in [-0.3, -0.25) is 4.84 Å². The van der Waals surface area contributed by atoms with Crippen LogP contribution in [-0.4, -0.2) is 18.4 Å². The van der Waals surface area contributed by atoms with E-state index >= 15 is 0 Å². The van der Waals surface area contributed by atoms with E-state index in [0.717, 1.165) is 23.4 Å². The Labute approximate surface area is 130 Å². The highest BCUT2D eigenvalue weighted by Crippen LogP contribution is 2.19. The van der Waals surface area contributed by atoms with E-state index in [4.69, 9.17) is 9.68 Å². The highest BCUT2D eigenvalue weighted by Gasteiger charge is 2.22. The fourth-order valence-corrected chi connectivity index (χ4v) is 2.40. The molecule has 1 heterocycles. The van der Waals surface area contributed by atoms with Gasteiger partial charge in [-0.05, 0) is 24.6 Å². The van der Waals surface area contributed by atoms with E-state index in [1.54, 1.807) is 0 Å². The smallest absolute Gasteiger partial charge is 0.152 e. The molecule has 2 aromatic carbocycles. The molecule has 22 heavy (non-hydrogen) atoms. The third kappa shape index (κ3) is 3.86. The van der Waals surface area contributed by atoms with E-state index in [2.05, 4.69) is 17.3 Å². The summed E-state index contributed by atoms with van der Waals surface area (Å²) in [6, 6.07) is 20.2. The lowest BCUT2D eigenvalue weighted by atomic mass is 10.2. The summed E-state index contributed by atoms with van der Waals surface area (Å²) >= 11 is 0. The highest BCUT2D eigenvalue weighted by molar-refractivity contribution is 5.82. The monoisotopic (exact) mass is 296 g/mol. The molecule has 1 aliphatic rings. The standard InChI is InChI=1S/C18H20N2O2/c1-15-12-18(22-19-15)13-20(17-10-6-3-7-11-17)21-14-16-8-4-2-5-9-16/h2-11,18H,12-14H2,1H3. The summed E-state index contributed by atoms with van der Waals surface area (Å²) in [7, 11) is 0. The average molecular weight is 296 g/mol. The number of anilines is 1. The molecular formula is C18H20N2O2. The van der Waals surface area contributed by atoms with Crippen molar-refractivity contribution in [2.75, 3.05) is 11.6 Å². The predicted octanol–water partition coefficient (Wildman–Crippen LogP) is 3.79. The van der Waals surface area contributed by atoms with Crippen LogP contribution in [0.15, 0.2) is 65.8 Å². The first-order valence-corrected chi connectivity index (χ1v) is 7.50. The van der Waals surface area contributed by atoms with Crippen LogP contribution in [-0.2, 0) is 16.3 Å². The van der Waals surface area contributed by atoms with Gasteiger partial charge in [0, 0.05) is 6.42 Å². The van der Waals surface area contributed by atoms with E-state index in [1.807, 2.05) is 60.5 Å². The first-order chi connectivity index (χ1) is 10.8. The van der Waals surface area contributed by atoms with Crippen molar-refractivity contribution in [3.05, 3.63) is 66.2 Å². The van der Waals surface area contributed by atoms with Crippen molar-refractivity contribution in [3.8, 4) is 0 Å². The van der Waals surface area contributed by atoms with E-state index in [9.17, 15) is 0 Å². The molecule has 0 N–H and O–H groups in total. The van der Waals surface area contributed by atoms with Crippen LogP contribution in [0.5, 0.6) is 0 Å². The Bertz CT molecular complexity index is 613. The van der Waals surface area contributed by atoms with E-state index < -0.39 is 0 Å². The fraction of sp³-hybridized carbons (Fsp3) is 0.278. The highest BCUT2D eigenvalue weighted by atomic mass is 16.7. The molecule has 1 atom stereocenters. The predicted molar refractivity (Wildman–Crippen MR) is 87.6 cm³/mol. The lowest BCUT2D eigenvalue weighted by Crippen LogP contribution is -2.32. The summed E-state index contributed by atoms with van der Waals surface area (Å²) in [6.45, 7) is 3.16. The Morgan fingerprint density at radius 1 is 1.09 bits per heavy atom. The van der Waals surface area contributed by atoms with Crippen molar-refractivity contribution in [3.63, 3.8) is 0 Å². The van der Waals surface area contributed by atoms with Gasteiger partial charge in [0.1, 0.15) is 0 Å². The third-order valence-corrected chi connectivity index (χ3v) is 3.52. The summed E-state index contributed by atoms with van der Waals surface area (Å²) in [4.78, 5) is 11.4. The largest absolute Gasteiger partial charge is 0.390 e. The van der Waals surface area contributed by atoms with E-state index in [0.29, 0.717) is 13.2 Å². The summed E-state index contributed by atoms with van der Waals surface area (Å²) in [5, 5.41) is 5.91. The van der Waals surface area contributed by atoms with Gasteiger partial charge in [0.25, 0.3) is 0 Å². The Morgan fingerprint density at radius 3 is 2.41 bits per heavy atom. The van der Waals surface area contributed by atoms with Crippen LogP contribution < -0.4 is 5.06 Å². The molecule has 3 rings (SSSR count). The maximum Gasteiger partial charge on any atom is 0.152 e. The van der Waals surface area contributed by atoms with Crippen molar-refractivity contribution in [2.45, 2.75) is 26.1 Å². The second kappa shape index (κ2) is 7.09. The molecule has 0 saturated carbocycles. The molecule has 1 aliphatic heterocycles. The molecule has 0 spiro atoms. The van der Waals surface area contributed by atoms with Crippen LogP contribution in [0.4, 0.5) is 5.69 Å². The van der Waals surface area contributed by atoms with E-state index in [-0.39, 0.29) is 6.10 Å². The van der Waals surface area contributed by atoms with Gasteiger partial charge in [-0.1, -0.05) is 53.7 Å². The molecule has 0 saturated heterocycles. The molecule has 0 aromatic heterocycles. The molecule has 2 aromatic rings. The summed E-state index contributed by atoms with van der Waals surface area (Å²) in [6.07, 6.45) is 0.883. The van der Waals surface area contributed by atoms with Crippen LogP contribution in [0.3, 0.4) is 0 Å². The van der Waals surface area contributed by atoms with Gasteiger partial charge in [-0.15, -0.1) is 0 Å². The van der Waals surface area contributed by atoms with Crippen LogP contribution in [0.2, 0.25) is 0 Å². The van der Waals surface area contributed by atoms with Gasteiger partial charge >= 0.3 is 0 Å². The summed E-state index contributed by atoms with van der Waals surface area (Å²) in [5.74, 6) is 0. The Kier molecular flexibility index (Phi) is 4.71. The Balaban J connectivity index is 1.66. The molecule has 0 bridgehead atoms. The Hall–Kier alpha value is -2.33. The molecule has 4 heteroatoms. The number of hydroxylamine groups is 1. The van der Waals surface area contributed by atoms with Crippen molar-refractivity contribution in [1.82, 2.24) is 0 Å². The first kappa shape index (κ1) is 14.6. The molecule has 0 radical (unpaired) electrons. The second-order valence-electron chi connectivity index (χ2n) is 5.41. The van der Waals surface area contributed by atoms with Crippen LogP contribution in [0.1, 0.15) is 18.9 Å². The number of rotatable bonds is 6. The minimum atomic E-state index is 0.0379. The Morgan fingerprint density at radius 2 is 1.77 bits per heavy atom. The van der Waals surface area contributed by atoms with E-state index in [1.165, 1.54) is 0 Å². The van der Waals surface area contributed by atoms with Gasteiger partial charge in [-0.2, -0.15) is 0 Å². The number of benzene rings is 2. The molecule has 1 unspecified atom stereocenters. The van der Waals surface area contributed by atoms with Crippen molar-refractivity contribution in [1.29, 1.82) is 0 Å². The van der Waals surface area contributed by atoms with Gasteiger partial charge in [0.2, 0.25) is 0 Å². The lowest BCUT2D eigenvalue weighted by Gasteiger charge is -2.26. The minimum Gasteiger partial charge on any atom is -0.390 e. The van der Waals surface area contributed by atoms with Gasteiger partial charge in [-0.25, -0.2) is 5.06 Å². The average Bonchev–Trinajstić information content (AvgIpc) is 2.98. The first-order valence-electron chi connectivity index (χ1n) is 7.50. The van der Waals surface area contributed by atoms with Gasteiger partial charge < -0.3 is 4.84 Å². The van der Waals surface area contributed by atoms with Crippen LogP contribution in [0.25, 0.3) is 0 Å². The summed E-state index contributed by atoms with van der Waals surface area (Å²) < 4.78 is 0. The zero-order valence-corrected chi connectivity index (χ0v) is 12.7. The molecule has 0 fully saturated rings. The molecule has 0 aliphatic carbocycles. The number of nitrogens with zero attached hydrogens (tertiary/aromatic N) is 2. The minimum absolute atomic E-state index is 0.0379. The molecule has 0 amide bonds. The fourth-order valence-electron chi connectivity index (χ4n) is 2.40. The third-order valence-electron chi connectivity index (χ3n) is 3.52. The SMILES string of the molecule is CC1=NOC(CN(OCc2ccccc2)c2ccccc2)C1. The van der Waals surface area contributed by atoms with Crippen LogP contribution in [0, 0.1) is 0 Å². The maximum absolute atomic E-state index is 6.01. The number of oxime groups is 1. The number of hydrogen-bond acceptors (Lipinski definition) is 4. The van der Waals surface area contributed by atoms with Crippen LogP contribution >= 0.6 is 0 Å². The van der Waals surface area contributed by atoms with Gasteiger partial charge in [0.15, 0.2) is 6.10 Å². The molecular weight excluding hydrogens is 276 g/mol. The normalized spacial score (nSPS) is 17.0. The number of hydrogen-bond donors (Lipinski definition) is 0. The zero-order valence-electron chi connectivity index (χ0n) is 12.7. The van der Waals surface area contributed by atoms with Crippen molar-refractivity contribution >= 4 is 11.4 Å².